The first-order valence-electron chi connectivity index (χ1n) is 15.1. The average molecular weight is 631 g/mol. The lowest BCUT2D eigenvalue weighted by Gasteiger charge is -2.03. The third kappa shape index (κ3) is 5.87. The predicted molar refractivity (Wildman–Crippen MR) is 203 cm³/mol. The zero-order valence-corrected chi connectivity index (χ0v) is 27.5. The lowest BCUT2D eigenvalue weighted by molar-refractivity contribution is 1.40. The maximum atomic E-state index is 2.31. The molecule has 3 heteroatoms. The van der Waals surface area contributed by atoms with E-state index in [2.05, 4.69) is 159 Å². The van der Waals surface area contributed by atoms with Crippen molar-refractivity contribution in [3.8, 4) is 0 Å². The molecule has 0 aliphatic rings. The maximum absolute atomic E-state index is 2.31. The molecule has 8 aromatic rings. The molecule has 0 bridgehead atoms. The van der Waals surface area contributed by atoms with Crippen LogP contribution >= 0.6 is 34.4 Å². The first-order valence-corrected chi connectivity index (χ1v) is 17.6. The van der Waals surface area contributed by atoms with Crippen LogP contribution in [0.2, 0.25) is 0 Å². The molecule has 0 aliphatic carbocycles. The molecule has 0 spiro atoms. The van der Waals surface area contributed by atoms with Crippen molar-refractivity contribution in [2.24, 2.45) is 0 Å². The van der Waals surface area contributed by atoms with Crippen LogP contribution in [-0.4, -0.2) is 0 Å². The Kier molecular flexibility index (Phi) is 7.39. The molecule has 0 nitrogen and oxygen atoms in total. The summed E-state index contributed by atoms with van der Waals surface area (Å²) in [5.41, 5.74) is 7.50. The van der Waals surface area contributed by atoms with Gasteiger partial charge in [-0.3, -0.25) is 0 Å². The van der Waals surface area contributed by atoms with Gasteiger partial charge in [-0.15, -0.1) is 22.7 Å². The zero-order chi connectivity index (χ0) is 30.3. The second-order valence-corrected chi connectivity index (χ2v) is 14.9. The van der Waals surface area contributed by atoms with Crippen molar-refractivity contribution in [1.29, 1.82) is 0 Å². The maximum Gasteiger partial charge on any atom is 0.0361 e. The Bertz CT molecular complexity index is 2230. The minimum absolute atomic E-state index is 1.20. The first kappa shape index (κ1) is 28.1. The quantitative estimate of drug-likeness (QED) is 0.165. The molecule has 0 atom stereocenters. The Hall–Kier alpha value is -4.41. The van der Waals surface area contributed by atoms with Gasteiger partial charge in [0.1, 0.15) is 0 Å². The molecule has 0 N–H and O–H groups in total. The van der Waals surface area contributed by atoms with E-state index in [1.807, 2.05) is 22.7 Å². The Balaban J connectivity index is 0.915. The molecule has 0 amide bonds. The summed E-state index contributed by atoms with van der Waals surface area (Å²) in [5, 5.41) is 5.40. The van der Waals surface area contributed by atoms with Gasteiger partial charge in [-0.05, 0) is 95.8 Å². The van der Waals surface area contributed by atoms with E-state index in [1.54, 1.807) is 11.8 Å². The molecule has 0 saturated carbocycles. The lowest BCUT2D eigenvalue weighted by atomic mass is 10.1. The summed E-state index contributed by atoms with van der Waals surface area (Å²) >= 11 is 5.55. The van der Waals surface area contributed by atoms with Gasteiger partial charge < -0.3 is 0 Å². The van der Waals surface area contributed by atoms with E-state index in [4.69, 9.17) is 0 Å². The third-order valence-corrected chi connectivity index (χ3v) is 11.5. The molecular formula is C42H30S3. The standard InChI is InChI=1S/C42H30S3/c1-27-3-19-35-37-21-13-31(25-41(37)44-39(35)23-27)7-5-29-9-15-33(16-10-29)43-34-17-11-30(12-18-34)6-8-32-14-22-38-36-20-4-28(2)24-40(36)45-42(38)26-32/h3-26H,1-2H3/b7-5+,8-6+. The van der Waals surface area contributed by atoms with Crippen molar-refractivity contribution in [3.63, 3.8) is 0 Å². The van der Waals surface area contributed by atoms with Crippen LogP contribution in [0.25, 0.3) is 64.6 Å². The van der Waals surface area contributed by atoms with Crippen molar-refractivity contribution < 1.29 is 0 Å². The molecule has 0 unspecified atom stereocenters. The molecule has 0 fully saturated rings. The van der Waals surface area contributed by atoms with Crippen LogP contribution in [0.4, 0.5) is 0 Å². The molecule has 0 radical (unpaired) electrons. The Morgan fingerprint density at radius 3 is 1.13 bits per heavy atom. The minimum Gasteiger partial charge on any atom is -0.135 e. The number of rotatable bonds is 6. The molecule has 8 rings (SSSR count). The normalized spacial score (nSPS) is 12.1. The fourth-order valence-electron chi connectivity index (χ4n) is 5.82. The highest BCUT2D eigenvalue weighted by Gasteiger charge is 2.07. The number of thiophene rings is 2. The van der Waals surface area contributed by atoms with Crippen molar-refractivity contribution in [2.75, 3.05) is 0 Å². The second-order valence-electron chi connectivity index (χ2n) is 11.6. The van der Waals surface area contributed by atoms with Gasteiger partial charge in [0.2, 0.25) is 0 Å². The van der Waals surface area contributed by atoms with Gasteiger partial charge in [-0.2, -0.15) is 0 Å². The molecule has 6 aromatic carbocycles. The minimum atomic E-state index is 1.20. The van der Waals surface area contributed by atoms with Gasteiger partial charge in [-0.25, -0.2) is 0 Å². The zero-order valence-electron chi connectivity index (χ0n) is 25.1. The lowest BCUT2D eigenvalue weighted by Crippen LogP contribution is -1.78. The van der Waals surface area contributed by atoms with Crippen LogP contribution in [0.15, 0.2) is 131 Å². The van der Waals surface area contributed by atoms with E-state index in [9.17, 15) is 0 Å². The highest BCUT2D eigenvalue weighted by atomic mass is 32.2. The molecule has 0 saturated heterocycles. The van der Waals surface area contributed by atoms with Crippen molar-refractivity contribution in [2.45, 2.75) is 23.6 Å². The summed E-state index contributed by atoms with van der Waals surface area (Å²) in [5.74, 6) is 0. The largest absolute Gasteiger partial charge is 0.135 e. The monoisotopic (exact) mass is 630 g/mol. The topological polar surface area (TPSA) is 0 Å². The Labute approximate surface area is 276 Å². The third-order valence-electron chi connectivity index (χ3n) is 8.24. The average Bonchev–Trinajstić information content (AvgIpc) is 3.60. The molecular weight excluding hydrogens is 601 g/mol. The SMILES string of the molecule is Cc1ccc2c(c1)sc1cc(/C=C/c3ccc(Sc4ccc(/C=C/c5ccc6c(c5)sc5cc(C)ccc56)cc4)cc3)ccc12. The highest BCUT2D eigenvalue weighted by Crippen LogP contribution is 2.36. The van der Waals surface area contributed by atoms with Crippen LogP contribution in [0.1, 0.15) is 33.4 Å². The molecule has 0 aliphatic heterocycles. The van der Waals surface area contributed by atoms with E-state index in [0.29, 0.717) is 0 Å². The molecule has 45 heavy (non-hydrogen) atoms. The first-order chi connectivity index (χ1) is 22.0. The van der Waals surface area contributed by atoms with E-state index >= 15 is 0 Å². The number of fused-ring (bicyclic) bond motifs is 6. The van der Waals surface area contributed by atoms with E-state index in [-0.39, 0.29) is 0 Å². The van der Waals surface area contributed by atoms with E-state index < -0.39 is 0 Å². The molecule has 2 aromatic heterocycles. The van der Waals surface area contributed by atoms with Gasteiger partial charge in [0, 0.05) is 50.1 Å². The van der Waals surface area contributed by atoms with Gasteiger partial charge in [-0.1, -0.05) is 109 Å². The van der Waals surface area contributed by atoms with Crippen LogP contribution in [0, 0.1) is 13.8 Å². The van der Waals surface area contributed by atoms with Gasteiger partial charge in [0.25, 0.3) is 0 Å². The summed E-state index contributed by atoms with van der Waals surface area (Å²) < 4.78 is 5.41. The second kappa shape index (κ2) is 11.8. The number of aryl methyl sites for hydroxylation is 2. The Morgan fingerprint density at radius 1 is 0.378 bits per heavy atom. The summed E-state index contributed by atoms with van der Waals surface area (Å²) in [4.78, 5) is 2.48. The summed E-state index contributed by atoms with van der Waals surface area (Å²) in [6.07, 6.45) is 8.83. The number of hydrogen-bond acceptors (Lipinski definition) is 3. The number of benzene rings is 6. The smallest absolute Gasteiger partial charge is 0.0361 e. The van der Waals surface area contributed by atoms with E-state index in [0.717, 1.165) is 0 Å². The van der Waals surface area contributed by atoms with Crippen LogP contribution < -0.4 is 0 Å². The summed E-state index contributed by atoms with van der Waals surface area (Å²) in [6.45, 7) is 4.32. The fraction of sp³-hybridized carbons (Fsp3) is 0.0476. The molecule has 216 valence electrons. The number of hydrogen-bond donors (Lipinski definition) is 0. The molecule has 2 heterocycles. The van der Waals surface area contributed by atoms with Crippen molar-refractivity contribution in [1.82, 2.24) is 0 Å². The van der Waals surface area contributed by atoms with Crippen LogP contribution in [-0.2, 0) is 0 Å². The fourth-order valence-corrected chi connectivity index (χ4v) is 9.15. The highest BCUT2D eigenvalue weighted by molar-refractivity contribution is 7.99. The van der Waals surface area contributed by atoms with Gasteiger partial charge in [0.15, 0.2) is 0 Å². The van der Waals surface area contributed by atoms with Crippen molar-refractivity contribution in [3.05, 3.63) is 155 Å². The van der Waals surface area contributed by atoms with Crippen LogP contribution in [0.3, 0.4) is 0 Å². The predicted octanol–water partition coefficient (Wildman–Crippen LogP) is 13.5. The van der Waals surface area contributed by atoms with E-state index in [1.165, 1.54) is 83.5 Å². The Morgan fingerprint density at radius 2 is 0.711 bits per heavy atom. The summed E-state index contributed by atoms with van der Waals surface area (Å²) in [6, 6.07) is 44.7. The van der Waals surface area contributed by atoms with Crippen LogP contribution in [0.5, 0.6) is 0 Å². The van der Waals surface area contributed by atoms with Crippen molar-refractivity contribution >= 4 is 99.1 Å². The summed E-state index contributed by atoms with van der Waals surface area (Å²) in [7, 11) is 0. The van der Waals surface area contributed by atoms with Gasteiger partial charge >= 0.3 is 0 Å². The van der Waals surface area contributed by atoms with Gasteiger partial charge in [0.05, 0.1) is 0 Å².